The number of benzene rings is 1. The van der Waals surface area contributed by atoms with E-state index in [1.54, 1.807) is 0 Å². The Labute approximate surface area is 115 Å². The molecular weight excluding hydrogens is 234 g/mol. The van der Waals surface area contributed by atoms with Crippen LogP contribution >= 0.6 is 0 Å². The Bertz CT molecular complexity index is 567. The molecule has 3 heteroatoms. The summed E-state index contributed by atoms with van der Waals surface area (Å²) in [7, 11) is 0. The van der Waals surface area contributed by atoms with Crippen LogP contribution in [-0.4, -0.2) is 16.3 Å². The van der Waals surface area contributed by atoms with Crippen molar-refractivity contribution in [1.82, 2.24) is 9.78 Å². The van der Waals surface area contributed by atoms with Gasteiger partial charge in [0.2, 0.25) is 0 Å². The van der Waals surface area contributed by atoms with Crippen LogP contribution in [0.2, 0.25) is 0 Å². The van der Waals surface area contributed by atoms with Gasteiger partial charge in [-0.2, -0.15) is 5.10 Å². The summed E-state index contributed by atoms with van der Waals surface area (Å²) < 4.78 is 2.02. The molecule has 0 aliphatic carbocycles. The Hall–Kier alpha value is -1.61. The second-order valence-corrected chi connectivity index (χ2v) is 5.41. The van der Waals surface area contributed by atoms with E-state index in [1.807, 2.05) is 11.6 Å². The minimum atomic E-state index is 0.534. The average Bonchev–Trinajstić information content (AvgIpc) is 2.71. The van der Waals surface area contributed by atoms with E-state index in [-0.39, 0.29) is 0 Å². The Morgan fingerprint density at radius 3 is 2.58 bits per heavy atom. The molecule has 1 heterocycles. The fourth-order valence-electron chi connectivity index (χ4n) is 2.33. The fourth-order valence-corrected chi connectivity index (χ4v) is 2.33. The Kier molecular flexibility index (Phi) is 4.05. The van der Waals surface area contributed by atoms with E-state index in [0.29, 0.717) is 12.5 Å². The zero-order valence-corrected chi connectivity index (χ0v) is 12.3. The molecule has 0 saturated carbocycles. The summed E-state index contributed by atoms with van der Waals surface area (Å²) in [5.41, 5.74) is 11.8. The highest BCUT2D eigenvalue weighted by Crippen LogP contribution is 2.28. The molecule has 0 atom stereocenters. The SMILES string of the molecule is Cc1cc(-c2cc(C(C)C)ccc2C)n(CCN)n1. The van der Waals surface area contributed by atoms with Crippen molar-refractivity contribution in [3.8, 4) is 11.3 Å². The Balaban J connectivity index is 2.54. The standard InChI is InChI=1S/C16H23N3/c1-11(2)14-6-5-12(3)15(10-14)16-9-13(4)18-19(16)8-7-17/h5-6,9-11H,7-8,17H2,1-4H3. The van der Waals surface area contributed by atoms with Gasteiger partial charge in [0.05, 0.1) is 17.9 Å². The first-order chi connectivity index (χ1) is 9.02. The lowest BCUT2D eigenvalue weighted by molar-refractivity contribution is 0.626. The van der Waals surface area contributed by atoms with Crippen LogP contribution in [0.15, 0.2) is 24.3 Å². The summed E-state index contributed by atoms with van der Waals surface area (Å²) in [5.74, 6) is 0.534. The van der Waals surface area contributed by atoms with Crippen molar-refractivity contribution in [2.24, 2.45) is 5.73 Å². The molecule has 102 valence electrons. The van der Waals surface area contributed by atoms with Crippen molar-refractivity contribution >= 4 is 0 Å². The molecule has 1 aromatic carbocycles. The van der Waals surface area contributed by atoms with Crippen molar-refractivity contribution in [1.29, 1.82) is 0 Å². The highest BCUT2D eigenvalue weighted by molar-refractivity contribution is 5.65. The van der Waals surface area contributed by atoms with Gasteiger partial charge in [-0.15, -0.1) is 0 Å². The van der Waals surface area contributed by atoms with E-state index in [9.17, 15) is 0 Å². The molecule has 0 saturated heterocycles. The number of nitrogens with two attached hydrogens (primary N) is 1. The van der Waals surface area contributed by atoms with Crippen LogP contribution in [0.25, 0.3) is 11.3 Å². The van der Waals surface area contributed by atoms with E-state index in [2.05, 4.69) is 50.1 Å². The minimum Gasteiger partial charge on any atom is -0.329 e. The van der Waals surface area contributed by atoms with Crippen molar-refractivity contribution in [3.05, 3.63) is 41.1 Å². The molecule has 0 amide bonds. The van der Waals surface area contributed by atoms with Gasteiger partial charge in [0, 0.05) is 12.1 Å². The van der Waals surface area contributed by atoms with Crippen LogP contribution < -0.4 is 5.73 Å². The molecule has 2 rings (SSSR count). The normalized spacial score (nSPS) is 11.3. The maximum atomic E-state index is 5.67. The summed E-state index contributed by atoms with van der Waals surface area (Å²) >= 11 is 0. The van der Waals surface area contributed by atoms with Crippen molar-refractivity contribution < 1.29 is 0 Å². The molecule has 1 aromatic heterocycles. The largest absolute Gasteiger partial charge is 0.329 e. The quantitative estimate of drug-likeness (QED) is 0.913. The highest BCUT2D eigenvalue weighted by Gasteiger charge is 2.11. The molecule has 0 aliphatic rings. The van der Waals surface area contributed by atoms with Gasteiger partial charge in [-0.25, -0.2) is 0 Å². The average molecular weight is 257 g/mol. The second-order valence-electron chi connectivity index (χ2n) is 5.41. The summed E-state index contributed by atoms with van der Waals surface area (Å²) in [6.07, 6.45) is 0. The van der Waals surface area contributed by atoms with Gasteiger partial charge in [0.1, 0.15) is 0 Å². The van der Waals surface area contributed by atoms with Crippen molar-refractivity contribution in [2.75, 3.05) is 6.54 Å². The van der Waals surface area contributed by atoms with E-state index < -0.39 is 0 Å². The summed E-state index contributed by atoms with van der Waals surface area (Å²) in [6, 6.07) is 8.82. The molecule has 2 aromatic rings. The van der Waals surface area contributed by atoms with E-state index in [0.717, 1.165) is 12.2 Å². The minimum absolute atomic E-state index is 0.534. The van der Waals surface area contributed by atoms with Gasteiger partial charge in [0.15, 0.2) is 0 Å². The van der Waals surface area contributed by atoms with Gasteiger partial charge in [-0.1, -0.05) is 26.0 Å². The van der Waals surface area contributed by atoms with Crippen LogP contribution in [0.3, 0.4) is 0 Å². The molecule has 0 radical (unpaired) electrons. The van der Waals surface area contributed by atoms with Crippen LogP contribution in [0, 0.1) is 13.8 Å². The fraction of sp³-hybridized carbons (Fsp3) is 0.438. The number of hydrogen-bond donors (Lipinski definition) is 1. The third-order valence-corrected chi connectivity index (χ3v) is 3.45. The third kappa shape index (κ3) is 2.87. The van der Waals surface area contributed by atoms with Crippen molar-refractivity contribution in [2.45, 2.75) is 40.2 Å². The predicted molar refractivity (Wildman–Crippen MR) is 80.3 cm³/mol. The maximum absolute atomic E-state index is 5.67. The smallest absolute Gasteiger partial charge is 0.0688 e. The lowest BCUT2D eigenvalue weighted by Gasteiger charge is -2.13. The summed E-state index contributed by atoms with van der Waals surface area (Å²) in [4.78, 5) is 0. The molecule has 0 fully saturated rings. The molecular formula is C16H23N3. The molecule has 3 nitrogen and oxygen atoms in total. The molecule has 0 unspecified atom stereocenters. The number of aromatic nitrogens is 2. The van der Waals surface area contributed by atoms with Crippen molar-refractivity contribution in [3.63, 3.8) is 0 Å². The molecule has 0 spiro atoms. The van der Waals surface area contributed by atoms with E-state index in [1.165, 1.54) is 22.4 Å². The molecule has 0 bridgehead atoms. The lowest BCUT2D eigenvalue weighted by atomic mass is 9.96. The summed E-state index contributed by atoms with van der Waals surface area (Å²) in [5, 5.41) is 4.53. The van der Waals surface area contributed by atoms with Gasteiger partial charge in [0.25, 0.3) is 0 Å². The first kappa shape index (κ1) is 13.8. The lowest BCUT2D eigenvalue weighted by Crippen LogP contribution is -2.12. The first-order valence-electron chi connectivity index (χ1n) is 6.88. The second kappa shape index (κ2) is 5.57. The van der Waals surface area contributed by atoms with Crippen LogP contribution in [0.1, 0.15) is 36.6 Å². The number of aryl methyl sites for hydroxylation is 2. The zero-order chi connectivity index (χ0) is 14.0. The van der Waals surface area contributed by atoms with E-state index >= 15 is 0 Å². The maximum Gasteiger partial charge on any atom is 0.0688 e. The van der Waals surface area contributed by atoms with Gasteiger partial charge >= 0.3 is 0 Å². The number of nitrogens with zero attached hydrogens (tertiary/aromatic N) is 2. The van der Waals surface area contributed by atoms with Gasteiger partial charge in [-0.05, 0) is 43.0 Å². The van der Waals surface area contributed by atoms with Crippen LogP contribution in [-0.2, 0) is 6.54 Å². The number of hydrogen-bond acceptors (Lipinski definition) is 2. The van der Waals surface area contributed by atoms with E-state index in [4.69, 9.17) is 5.73 Å². The van der Waals surface area contributed by atoms with Gasteiger partial charge < -0.3 is 5.73 Å². The molecule has 19 heavy (non-hydrogen) atoms. The Morgan fingerprint density at radius 1 is 1.21 bits per heavy atom. The van der Waals surface area contributed by atoms with Gasteiger partial charge in [-0.3, -0.25) is 4.68 Å². The number of rotatable bonds is 4. The molecule has 0 aliphatic heterocycles. The van der Waals surface area contributed by atoms with Crippen LogP contribution in [0.5, 0.6) is 0 Å². The molecule has 2 N–H and O–H groups in total. The predicted octanol–water partition coefficient (Wildman–Crippen LogP) is 3.25. The zero-order valence-electron chi connectivity index (χ0n) is 12.3. The monoisotopic (exact) mass is 257 g/mol. The third-order valence-electron chi connectivity index (χ3n) is 3.45. The van der Waals surface area contributed by atoms with Crippen LogP contribution in [0.4, 0.5) is 0 Å². The first-order valence-corrected chi connectivity index (χ1v) is 6.88. The topological polar surface area (TPSA) is 43.8 Å². The highest BCUT2D eigenvalue weighted by atomic mass is 15.3. The Morgan fingerprint density at radius 2 is 1.95 bits per heavy atom. The summed E-state index contributed by atoms with van der Waals surface area (Å²) in [6.45, 7) is 9.98.